The van der Waals surface area contributed by atoms with Gasteiger partial charge in [-0.15, -0.1) is 0 Å². The molecule has 2 aliphatic heterocycles. The van der Waals surface area contributed by atoms with Gasteiger partial charge in [-0.25, -0.2) is 0 Å². The Morgan fingerprint density at radius 1 is 1.05 bits per heavy atom. The molecule has 0 saturated carbocycles. The molecular formula is C13H23N5O3S. The molecule has 8 nitrogen and oxygen atoms in total. The Bertz CT molecular complexity index is 603. The van der Waals surface area contributed by atoms with Gasteiger partial charge in [-0.1, -0.05) is 5.16 Å². The zero-order valence-corrected chi connectivity index (χ0v) is 13.9. The van der Waals surface area contributed by atoms with Crippen LogP contribution in [0.4, 0.5) is 0 Å². The number of nitrogens with zero attached hydrogens (tertiary/aromatic N) is 5. The summed E-state index contributed by atoms with van der Waals surface area (Å²) in [4.78, 5) is 6.44. The maximum Gasteiger partial charge on any atom is 0.282 e. The van der Waals surface area contributed by atoms with E-state index in [2.05, 4.69) is 15.0 Å². The van der Waals surface area contributed by atoms with Gasteiger partial charge in [-0.05, 0) is 26.7 Å². The number of hydrogen-bond acceptors (Lipinski definition) is 6. The van der Waals surface area contributed by atoms with Crippen molar-refractivity contribution in [1.29, 1.82) is 0 Å². The Morgan fingerprint density at radius 3 is 2.18 bits per heavy atom. The standard InChI is InChI=1S/C13H23N5O3S/c1-11(13-14-12(2)15-21-13)16-7-9-18(10-8-16)22(19,20)17-5-3-4-6-17/h11H,3-10H2,1-2H3/t11-/m0/s1. The van der Waals surface area contributed by atoms with E-state index in [9.17, 15) is 8.42 Å². The highest BCUT2D eigenvalue weighted by Crippen LogP contribution is 2.23. The van der Waals surface area contributed by atoms with E-state index in [1.807, 2.05) is 6.92 Å². The normalized spacial score (nSPS) is 23.9. The van der Waals surface area contributed by atoms with E-state index in [1.165, 1.54) is 0 Å². The Labute approximate surface area is 131 Å². The molecule has 0 amide bonds. The van der Waals surface area contributed by atoms with E-state index < -0.39 is 10.2 Å². The summed E-state index contributed by atoms with van der Waals surface area (Å²) < 4.78 is 33.5. The van der Waals surface area contributed by atoms with Crippen LogP contribution in [0.5, 0.6) is 0 Å². The SMILES string of the molecule is Cc1noc([C@H](C)N2CCN(S(=O)(=O)N3CCCC3)CC2)n1. The molecular weight excluding hydrogens is 306 g/mol. The predicted molar refractivity (Wildman–Crippen MR) is 80.3 cm³/mol. The van der Waals surface area contributed by atoms with Crippen molar-refractivity contribution in [3.05, 3.63) is 11.7 Å². The highest BCUT2D eigenvalue weighted by atomic mass is 32.2. The molecule has 0 radical (unpaired) electrons. The fraction of sp³-hybridized carbons (Fsp3) is 0.846. The quantitative estimate of drug-likeness (QED) is 0.795. The highest BCUT2D eigenvalue weighted by Gasteiger charge is 2.35. The molecule has 0 unspecified atom stereocenters. The fourth-order valence-corrected chi connectivity index (χ4v) is 4.71. The van der Waals surface area contributed by atoms with Crippen molar-refractivity contribution < 1.29 is 12.9 Å². The van der Waals surface area contributed by atoms with Gasteiger partial charge in [0.15, 0.2) is 5.82 Å². The van der Waals surface area contributed by atoms with Crippen LogP contribution < -0.4 is 0 Å². The van der Waals surface area contributed by atoms with E-state index >= 15 is 0 Å². The van der Waals surface area contributed by atoms with E-state index in [-0.39, 0.29) is 6.04 Å². The second-order valence-electron chi connectivity index (χ2n) is 5.90. The number of rotatable bonds is 4. The summed E-state index contributed by atoms with van der Waals surface area (Å²) in [6.07, 6.45) is 1.93. The molecule has 3 heterocycles. The van der Waals surface area contributed by atoms with Crippen molar-refractivity contribution >= 4 is 10.2 Å². The van der Waals surface area contributed by atoms with Gasteiger partial charge in [0.2, 0.25) is 5.89 Å². The van der Waals surface area contributed by atoms with Gasteiger partial charge in [0, 0.05) is 39.3 Å². The molecule has 124 valence electrons. The van der Waals surface area contributed by atoms with Crippen LogP contribution in [0.1, 0.15) is 37.5 Å². The van der Waals surface area contributed by atoms with Gasteiger partial charge in [0.1, 0.15) is 0 Å². The third-order valence-electron chi connectivity index (χ3n) is 4.44. The van der Waals surface area contributed by atoms with Crippen LogP contribution in [0.25, 0.3) is 0 Å². The topological polar surface area (TPSA) is 82.8 Å². The molecule has 1 atom stereocenters. The molecule has 1 aromatic heterocycles. The lowest BCUT2D eigenvalue weighted by molar-refractivity contribution is 0.121. The minimum Gasteiger partial charge on any atom is -0.338 e. The van der Waals surface area contributed by atoms with Crippen LogP contribution in [-0.4, -0.2) is 71.3 Å². The van der Waals surface area contributed by atoms with Crippen molar-refractivity contribution in [2.75, 3.05) is 39.3 Å². The number of aryl methyl sites for hydroxylation is 1. The van der Waals surface area contributed by atoms with E-state index in [0.29, 0.717) is 51.0 Å². The molecule has 2 saturated heterocycles. The van der Waals surface area contributed by atoms with Crippen molar-refractivity contribution in [1.82, 2.24) is 23.7 Å². The monoisotopic (exact) mass is 329 g/mol. The second kappa shape index (κ2) is 6.23. The molecule has 0 spiro atoms. The molecule has 3 rings (SSSR count). The Hall–Kier alpha value is -1.03. The summed E-state index contributed by atoms with van der Waals surface area (Å²) in [5.74, 6) is 1.21. The molecule has 0 aromatic carbocycles. The maximum absolute atomic E-state index is 12.5. The average Bonchev–Trinajstić information content (AvgIpc) is 3.18. The van der Waals surface area contributed by atoms with E-state index in [1.54, 1.807) is 15.5 Å². The van der Waals surface area contributed by atoms with Crippen LogP contribution in [0.15, 0.2) is 4.52 Å². The van der Waals surface area contributed by atoms with Gasteiger partial charge in [-0.2, -0.15) is 22.0 Å². The van der Waals surface area contributed by atoms with Gasteiger partial charge >= 0.3 is 0 Å². The smallest absolute Gasteiger partial charge is 0.282 e. The first kappa shape index (κ1) is 15.9. The first-order valence-corrected chi connectivity index (χ1v) is 9.17. The predicted octanol–water partition coefficient (Wildman–Crippen LogP) is 0.397. The summed E-state index contributed by atoms with van der Waals surface area (Å²) in [5.41, 5.74) is 0. The Kier molecular flexibility index (Phi) is 4.49. The van der Waals surface area contributed by atoms with Gasteiger partial charge < -0.3 is 4.52 Å². The summed E-state index contributed by atoms with van der Waals surface area (Å²) in [6.45, 7) is 7.48. The lowest BCUT2D eigenvalue weighted by atomic mass is 10.2. The maximum atomic E-state index is 12.5. The zero-order chi connectivity index (χ0) is 15.7. The molecule has 0 aliphatic carbocycles. The Balaban J connectivity index is 1.60. The van der Waals surface area contributed by atoms with Crippen LogP contribution in [0.3, 0.4) is 0 Å². The third kappa shape index (κ3) is 3.03. The van der Waals surface area contributed by atoms with Gasteiger partial charge in [-0.3, -0.25) is 4.90 Å². The zero-order valence-electron chi connectivity index (χ0n) is 13.1. The van der Waals surface area contributed by atoms with Crippen LogP contribution in [0.2, 0.25) is 0 Å². The summed E-state index contributed by atoms with van der Waals surface area (Å²) in [5, 5.41) is 3.81. The minimum absolute atomic E-state index is 0.0119. The van der Waals surface area contributed by atoms with Gasteiger partial charge in [0.05, 0.1) is 6.04 Å². The van der Waals surface area contributed by atoms with Crippen molar-refractivity contribution in [2.24, 2.45) is 0 Å². The van der Waals surface area contributed by atoms with Crippen molar-refractivity contribution in [2.45, 2.75) is 32.7 Å². The van der Waals surface area contributed by atoms with Gasteiger partial charge in [0.25, 0.3) is 10.2 Å². The largest absolute Gasteiger partial charge is 0.338 e. The second-order valence-corrected chi connectivity index (χ2v) is 7.83. The molecule has 9 heteroatoms. The van der Waals surface area contributed by atoms with Crippen LogP contribution in [-0.2, 0) is 10.2 Å². The number of hydrogen-bond donors (Lipinski definition) is 0. The lowest BCUT2D eigenvalue weighted by Gasteiger charge is -2.37. The van der Waals surface area contributed by atoms with Crippen molar-refractivity contribution in [3.63, 3.8) is 0 Å². The van der Waals surface area contributed by atoms with Crippen LogP contribution in [0, 0.1) is 6.92 Å². The summed E-state index contributed by atoms with van der Waals surface area (Å²) in [6, 6.07) is 0.0119. The van der Waals surface area contributed by atoms with E-state index in [0.717, 1.165) is 12.8 Å². The first-order valence-electron chi connectivity index (χ1n) is 7.78. The molecule has 0 N–H and O–H groups in total. The number of piperazine rings is 1. The third-order valence-corrected chi connectivity index (χ3v) is 6.47. The lowest BCUT2D eigenvalue weighted by Crippen LogP contribution is -2.52. The minimum atomic E-state index is -3.28. The number of aromatic nitrogens is 2. The molecule has 2 aliphatic rings. The van der Waals surface area contributed by atoms with E-state index in [4.69, 9.17) is 4.52 Å². The Morgan fingerprint density at radius 2 is 1.64 bits per heavy atom. The average molecular weight is 329 g/mol. The molecule has 22 heavy (non-hydrogen) atoms. The fourth-order valence-electron chi connectivity index (χ4n) is 3.04. The summed E-state index contributed by atoms with van der Waals surface area (Å²) >= 11 is 0. The molecule has 2 fully saturated rings. The molecule has 1 aromatic rings. The first-order chi connectivity index (χ1) is 10.5. The molecule has 0 bridgehead atoms. The van der Waals surface area contributed by atoms with Crippen molar-refractivity contribution in [3.8, 4) is 0 Å². The van der Waals surface area contributed by atoms with Crippen LogP contribution >= 0.6 is 0 Å². The summed E-state index contributed by atoms with van der Waals surface area (Å²) in [7, 11) is -3.28. The highest BCUT2D eigenvalue weighted by molar-refractivity contribution is 7.86.